The average Bonchev–Trinajstić information content (AvgIpc) is 2.79. The zero-order valence-electron chi connectivity index (χ0n) is 11.3. The zero-order chi connectivity index (χ0) is 14.1. The number of carbonyl (C=O) groups excluding carboxylic acids is 1. The first kappa shape index (κ1) is 12.3. The fourth-order valence-electron chi connectivity index (χ4n) is 2.12. The van der Waals surface area contributed by atoms with E-state index < -0.39 is 0 Å². The molecule has 20 heavy (non-hydrogen) atoms. The minimum absolute atomic E-state index is 0.160. The Morgan fingerprint density at radius 1 is 1.25 bits per heavy atom. The van der Waals surface area contributed by atoms with Gasteiger partial charge >= 0.3 is 0 Å². The van der Waals surface area contributed by atoms with Gasteiger partial charge in [-0.1, -0.05) is 6.07 Å². The summed E-state index contributed by atoms with van der Waals surface area (Å²) in [6.07, 6.45) is 3.31. The van der Waals surface area contributed by atoms with Crippen LogP contribution in [-0.4, -0.2) is 20.7 Å². The van der Waals surface area contributed by atoms with Gasteiger partial charge < -0.3 is 5.32 Å². The first-order chi connectivity index (χ1) is 9.66. The van der Waals surface area contributed by atoms with Crippen LogP contribution in [0.4, 0.5) is 5.69 Å². The number of hydrogen-bond acceptors (Lipinski definition) is 3. The van der Waals surface area contributed by atoms with Crippen LogP contribution in [0.15, 0.2) is 42.7 Å². The fourth-order valence-corrected chi connectivity index (χ4v) is 2.12. The quantitative estimate of drug-likeness (QED) is 0.775. The molecule has 2 heterocycles. The van der Waals surface area contributed by atoms with E-state index in [4.69, 9.17) is 0 Å². The third-order valence-corrected chi connectivity index (χ3v) is 3.37. The number of aryl methyl sites for hydroxylation is 1. The fraction of sp³-hybridized carbons (Fsp3) is 0.133. The third kappa shape index (κ3) is 2.03. The van der Waals surface area contributed by atoms with Crippen molar-refractivity contribution in [2.75, 3.05) is 5.32 Å². The second kappa shape index (κ2) is 4.77. The molecule has 0 saturated carbocycles. The summed E-state index contributed by atoms with van der Waals surface area (Å²) in [7, 11) is 1.81. The van der Waals surface area contributed by atoms with Crippen molar-refractivity contribution in [1.29, 1.82) is 0 Å². The highest BCUT2D eigenvalue weighted by Crippen LogP contribution is 2.22. The highest BCUT2D eigenvalue weighted by molar-refractivity contribution is 6.09. The lowest BCUT2D eigenvalue weighted by molar-refractivity contribution is 0.102. The molecule has 1 N–H and O–H groups in total. The summed E-state index contributed by atoms with van der Waals surface area (Å²) in [5, 5.41) is 7.93. The van der Waals surface area contributed by atoms with Gasteiger partial charge in [-0.2, -0.15) is 5.10 Å². The van der Waals surface area contributed by atoms with Crippen molar-refractivity contribution in [3.8, 4) is 0 Å². The molecule has 0 saturated heterocycles. The van der Waals surface area contributed by atoms with E-state index in [1.807, 2.05) is 44.3 Å². The van der Waals surface area contributed by atoms with E-state index in [1.165, 1.54) is 0 Å². The van der Waals surface area contributed by atoms with Gasteiger partial charge in [0.15, 0.2) is 0 Å². The number of nitrogens with zero attached hydrogens (tertiary/aromatic N) is 3. The Morgan fingerprint density at radius 3 is 2.85 bits per heavy atom. The van der Waals surface area contributed by atoms with E-state index in [2.05, 4.69) is 15.4 Å². The largest absolute Gasteiger partial charge is 0.321 e. The zero-order valence-corrected chi connectivity index (χ0v) is 11.3. The van der Waals surface area contributed by atoms with Crippen LogP contribution >= 0.6 is 0 Å². The number of amides is 1. The van der Waals surface area contributed by atoms with Gasteiger partial charge in [0.25, 0.3) is 5.91 Å². The van der Waals surface area contributed by atoms with Crippen molar-refractivity contribution in [1.82, 2.24) is 14.8 Å². The molecule has 0 unspecified atom stereocenters. The maximum absolute atomic E-state index is 12.3. The molecule has 3 rings (SSSR count). The molecule has 5 nitrogen and oxygen atoms in total. The Hall–Kier alpha value is -2.69. The highest BCUT2D eigenvalue weighted by Gasteiger charge is 2.13. The van der Waals surface area contributed by atoms with Gasteiger partial charge in [-0.15, -0.1) is 0 Å². The molecule has 5 heteroatoms. The maximum Gasteiger partial charge on any atom is 0.259 e. The number of aromatic nitrogens is 3. The van der Waals surface area contributed by atoms with Crippen molar-refractivity contribution in [3.63, 3.8) is 0 Å². The van der Waals surface area contributed by atoms with Crippen LogP contribution < -0.4 is 5.32 Å². The highest BCUT2D eigenvalue weighted by atomic mass is 16.1. The lowest BCUT2D eigenvalue weighted by Crippen LogP contribution is -2.13. The van der Waals surface area contributed by atoms with E-state index in [9.17, 15) is 4.79 Å². The van der Waals surface area contributed by atoms with Gasteiger partial charge in [-0.25, -0.2) is 0 Å². The molecule has 0 spiro atoms. The number of hydrogen-bond donors (Lipinski definition) is 1. The molecule has 1 aromatic carbocycles. The number of carbonyl (C=O) groups is 1. The summed E-state index contributed by atoms with van der Waals surface area (Å²) >= 11 is 0. The van der Waals surface area contributed by atoms with Gasteiger partial charge in [0.1, 0.15) is 0 Å². The van der Waals surface area contributed by atoms with Crippen LogP contribution in [0, 0.1) is 6.92 Å². The minimum atomic E-state index is -0.160. The maximum atomic E-state index is 12.3. The van der Waals surface area contributed by atoms with E-state index in [0.29, 0.717) is 5.56 Å². The van der Waals surface area contributed by atoms with Crippen LogP contribution in [-0.2, 0) is 7.05 Å². The number of fused-ring (bicyclic) bond motifs is 1. The topological polar surface area (TPSA) is 59.8 Å². The second-order valence-electron chi connectivity index (χ2n) is 4.60. The summed E-state index contributed by atoms with van der Waals surface area (Å²) in [5.41, 5.74) is 3.02. The van der Waals surface area contributed by atoms with Crippen molar-refractivity contribution in [2.45, 2.75) is 6.92 Å². The van der Waals surface area contributed by atoms with Crippen LogP contribution in [0.25, 0.3) is 10.9 Å². The van der Waals surface area contributed by atoms with Crippen molar-refractivity contribution in [3.05, 3.63) is 54.0 Å². The number of anilines is 1. The molecule has 1 amide bonds. The second-order valence-corrected chi connectivity index (χ2v) is 4.60. The van der Waals surface area contributed by atoms with E-state index in [0.717, 1.165) is 22.3 Å². The van der Waals surface area contributed by atoms with Crippen molar-refractivity contribution in [2.24, 2.45) is 7.05 Å². The van der Waals surface area contributed by atoms with Gasteiger partial charge in [0.05, 0.1) is 23.0 Å². The van der Waals surface area contributed by atoms with Crippen LogP contribution in [0.5, 0.6) is 0 Å². The normalized spacial score (nSPS) is 10.7. The van der Waals surface area contributed by atoms with Crippen LogP contribution in [0.3, 0.4) is 0 Å². The summed E-state index contributed by atoms with van der Waals surface area (Å²) in [6, 6.07) is 9.45. The van der Waals surface area contributed by atoms with Gasteiger partial charge in [-0.3, -0.25) is 14.5 Å². The molecule has 3 aromatic rings. The summed E-state index contributed by atoms with van der Waals surface area (Å²) in [5.74, 6) is -0.160. The molecule has 0 fully saturated rings. The van der Waals surface area contributed by atoms with E-state index in [-0.39, 0.29) is 5.91 Å². The molecule has 0 bridgehead atoms. The molecule has 0 aliphatic carbocycles. The molecular weight excluding hydrogens is 252 g/mol. The van der Waals surface area contributed by atoms with Gasteiger partial charge in [0.2, 0.25) is 0 Å². The van der Waals surface area contributed by atoms with Crippen LogP contribution in [0.1, 0.15) is 16.1 Å². The lowest BCUT2D eigenvalue weighted by atomic mass is 10.1. The van der Waals surface area contributed by atoms with Gasteiger partial charge in [0, 0.05) is 24.3 Å². The smallest absolute Gasteiger partial charge is 0.259 e. The average molecular weight is 266 g/mol. The first-order valence-electron chi connectivity index (χ1n) is 6.30. The lowest BCUT2D eigenvalue weighted by Gasteiger charge is -2.08. The number of pyridine rings is 1. The molecular formula is C15H14N4O. The van der Waals surface area contributed by atoms with E-state index in [1.54, 1.807) is 17.1 Å². The Balaban J connectivity index is 1.97. The molecule has 0 radical (unpaired) electrons. The SMILES string of the molecule is Cc1c(C(=O)Nc2cccc3ncccc23)cnn1C. The van der Waals surface area contributed by atoms with Crippen LogP contribution in [0.2, 0.25) is 0 Å². The molecule has 2 aromatic heterocycles. The third-order valence-electron chi connectivity index (χ3n) is 3.37. The Bertz CT molecular complexity index is 786. The van der Waals surface area contributed by atoms with Gasteiger partial charge in [-0.05, 0) is 31.2 Å². The van der Waals surface area contributed by atoms with E-state index >= 15 is 0 Å². The summed E-state index contributed by atoms with van der Waals surface area (Å²) < 4.78 is 1.68. The predicted octanol–water partition coefficient (Wildman–Crippen LogP) is 2.53. The Labute approximate surface area is 116 Å². The Kier molecular flexibility index (Phi) is 2.95. The summed E-state index contributed by atoms with van der Waals surface area (Å²) in [6.45, 7) is 1.87. The monoisotopic (exact) mass is 266 g/mol. The van der Waals surface area contributed by atoms with Crippen molar-refractivity contribution < 1.29 is 4.79 Å². The number of rotatable bonds is 2. The molecule has 0 aliphatic rings. The number of benzene rings is 1. The molecule has 0 atom stereocenters. The molecule has 100 valence electrons. The number of nitrogens with one attached hydrogen (secondary N) is 1. The molecule has 0 aliphatic heterocycles. The predicted molar refractivity (Wildman–Crippen MR) is 77.6 cm³/mol. The Morgan fingerprint density at radius 2 is 2.10 bits per heavy atom. The first-order valence-corrected chi connectivity index (χ1v) is 6.30. The summed E-state index contributed by atoms with van der Waals surface area (Å²) in [4.78, 5) is 16.6. The van der Waals surface area contributed by atoms with Crippen molar-refractivity contribution >= 4 is 22.5 Å². The standard InChI is InChI=1S/C15H14N4O/c1-10-12(9-17-19(10)2)15(20)18-14-7-3-6-13-11(14)5-4-8-16-13/h3-9H,1-2H3,(H,18,20). The minimum Gasteiger partial charge on any atom is -0.321 e.